The molecule has 0 spiro atoms. The lowest BCUT2D eigenvalue weighted by Crippen LogP contribution is -2.46. The Balaban J connectivity index is 4.85. The molecule has 0 saturated carbocycles. The van der Waals surface area contributed by atoms with Gasteiger partial charge in [-0.05, 0) is 97.9 Å². The number of methoxy groups -OCH3 is 1. The van der Waals surface area contributed by atoms with E-state index in [0.29, 0.717) is 65.1 Å². The lowest BCUT2D eigenvalue weighted by atomic mass is 9.94. The van der Waals surface area contributed by atoms with E-state index in [1.54, 1.807) is 4.90 Å². The zero-order chi connectivity index (χ0) is 46.1. The molecule has 1 amide bonds. The summed E-state index contributed by atoms with van der Waals surface area (Å²) in [4.78, 5) is 41.6. The van der Waals surface area contributed by atoms with E-state index in [1.807, 2.05) is 20.8 Å². The van der Waals surface area contributed by atoms with Gasteiger partial charge in [0.05, 0.1) is 38.4 Å². The number of carbonyl (C=O) groups is 3. The Hall–Kier alpha value is -1.91. The Kier molecular flexibility index (Phi) is 40.5. The van der Waals surface area contributed by atoms with Gasteiger partial charge < -0.3 is 29.3 Å². The predicted octanol–water partition coefficient (Wildman–Crippen LogP) is 13.1. The van der Waals surface area contributed by atoms with E-state index in [2.05, 4.69) is 25.7 Å². The lowest BCUT2D eigenvalue weighted by Gasteiger charge is -2.34. The molecule has 368 valence electrons. The fourth-order valence-corrected chi connectivity index (χ4v) is 8.27. The quantitative estimate of drug-likeness (QED) is 0.0349. The van der Waals surface area contributed by atoms with Crippen molar-refractivity contribution in [1.82, 2.24) is 9.80 Å². The third kappa shape index (κ3) is 36.4. The number of nitrogens with zero attached hydrogens (tertiary/aromatic N) is 2. The predicted molar refractivity (Wildman–Crippen MR) is 257 cm³/mol. The fourth-order valence-electron chi connectivity index (χ4n) is 8.27. The van der Waals surface area contributed by atoms with Crippen molar-refractivity contribution in [3.8, 4) is 0 Å². The third-order valence-corrected chi connectivity index (χ3v) is 12.2. The van der Waals surface area contributed by atoms with Gasteiger partial charge in [0.25, 0.3) is 0 Å². The summed E-state index contributed by atoms with van der Waals surface area (Å²) in [6.45, 7) is 15.7. The second-order valence-electron chi connectivity index (χ2n) is 19.3. The van der Waals surface area contributed by atoms with Crippen LogP contribution in [0.2, 0.25) is 0 Å². The van der Waals surface area contributed by atoms with Gasteiger partial charge in [-0.15, -0.1) is 0 Å². The highest BCUT2D eigenvalue weighted by Gasteiger charge is 2.27. The minimum absolute atomic E-state index is 0.0133. The largest absolute Gasteiger partial charge is 0.466 e. The van der Waals surface area contributed by atoms with Crippen molar-refractivity contribution in [2.24, 2.45) is 5.92 Å². The van der Waals surface area contributed by atoms with Gasteiger partial charge in [0, 0.05) is 31.6 Å². The van der Waals surface area contributed by atoms with Crippen molar-refractivity contribution < 1.29 is 38.8 Å². The topological polar surface area (TPSA) is 126 Å². The molecule has 0 aliphatic heterocycles. The van der Waals surface area contributed by atoms with E-state index >= 15 is 0 Å². The molecule has 2 unspecified atom stereocenters. The van der Waals surface area contributed by atoms with Crippen LogP contribution in [0.4, 0.5) is 4.79 Å². The number of hydrogen-bond donors (Lipinski definition) is 2. The zero-order valence-corrected chi connectivity index (χ0v) is 41.8. The van der Waals surface area contributed by atoms with Crippen LogP contribution >= 0.6 is 0 Å². The highest BCUT2D eigenvalue weighted by molar-refractivity contribution is 5.72. The number of hydrogen-bond acceptors (Lipinski definition) is 9. The Bertz CT molecular complexity index is 1020. The second kappa shape index (κ2) is 41.8. The van der Waals surface area contributed by atoms with Crippen LogP contribution in [-0.4, -0.2) is 102 Å². The van der Waals surface area contributed by atoms with E-state index in [-0.39, 0.29) is 29.5 Å². The number of carbonyl (C=O) groups excluding carboxylic acids is 3. The fraction of sp³-hybridized carbons (Fsp3) is 0.942. The van der Waals surface area contributed by atoms with E-state index in [0.717, 1.165) is 77.0 Å². The third-order valence-electron chi connectivity index (χ3n) is 12.2. The minimum Gasteiger partial charge on any atom is -0.466 e. The number of esters is 2. The molecule has 0 aromatic rings. The second-order valence-corrected chi connectivity index (χ2v) is 19.3. The summed E-state index contributed by atoms with van der Waals surface area (Å²) < 4.78 is 16.3. The molecule has 0 heterocycles. The van der Waals surface area contributed by atoms with Crippen molar-refractivity contribution in [1.29, 1.82) is 0 Å². The molecular weight excluding hydrogens is 781 g/mol. The van der Waals surface area contributed by atoms with Crippen LogP contribution in [0.1, 0.15) is 247 Å². The highest BCUT2D eigenvalue weighted by Crippen LogP contribution is 2.22. The van der Waals surface area contributed by atoms with Crippen LogP contribution in [0.25, 0.3) is 0 Å². The summed E-state index contributed by atoms with van der Waals surface area (Å²) in [5.74, 6) is -0.130. The average molecular weight is 883 g/mol. The van der Waals surface area contributed by atoms with Crippen LogP contribution in [0.3, 0.4) is 0 Å². The molecule has 2 N–H and O–H groups in total. The molecule has 2 atom stereocenters. The molecular formula is C52H102N2O8. The first-order valence-corrected chi connectivity index (χ1v) is 26.2. The van der Waals surface area contributed by atoms with Crippen LogP contribution in [-0.2, 0) is 23.8 Å². The highest BCUT2D eigenvalue weighted by atomic mass is 16.5. The van der Waals surface area contributed by atoms with Crippen molar-refractivity contribution in [2.75, 3.05) is 46.5 Å². The maximum absolute atomic E-state index is 13.1. The summed E-state index contributed by atoms with van der Waals surface area (Å²) in [6, 6.07) is 0. The van der Waals surface area contributed by atoms with Crippen LogP contribution in [0, 0.1) is 5.92 Å². The maximum Gasteiger partial charge on any atom is 0.409 e. The SMILES string of the molecule is CCCCCCCCCCC(=O)OCCCCC(O)CN(CCCCN(C(=O)OC)C(C)(C)C)CC(O)CCCCCOC(=O)C(CCCCCCCC)CCCCCCCC. The molecule has 10 nitrogen and oxygen atoms in total. The molecule has 0 fully saturated rings. The number of amides is 1. The zero-order valence-electron chi connectivity index (χ0n) is 41.8. The maximum atomic E-state index is 13.1. The summed E-state index contributed by atoms with van der Waals surface area (Å²) >= 11 is 0. The van der Waals surface area contributed by atoms with E-state index < -0.39 is 12.2 Å². The van der Waals surface area contributed by atoms with E-state index in [4.69, 9.17) is 14.2 Å². The average Bonchev–Trinajstić information content (AvgIpc) is 3.23. The van der Waals surface area contributed by atoms with Crippen molar-refractivity contribution in [3.63, 3.8) is 0 Å². The van der Waals surface area contributed by atoms with E-state index in [1.165, 1.54) is 110 Å². The molecule has 0 aromatic heterocycles. The van der Waals surface area contributed by atoms with Crippen LogP contribution in [0.15, 0.2) is 0 Å². The van der Waals surface area contributed by atoms with Crippen molar-refractivity contribution in [2.45, 2.75) is 265 Å². The van der Waals surface area contributed by atoms with Gasteiger partial charge in [-0.3, -0.25) is 14.5 Å². The van der Waals surface area contributed by atoms with Crippen LogP contribution in [0.5, 0.6) is 0 Å². The van der Waals surface area contributed by atoms with Crippen molar-refractivity contribution in [3.05, 3.63) is 0 Å². The molecule has 62 heavy (non-hydrogen) atoms. The van der Waals surface area contributed by atoms with Gasteiger partial charge in [0.1, 0.15) is 0 Å². The first-order chi connectivity index (χ1) is 29.9. The Morgan fingerprint density at radius 1 is 0.500 bits per heavy atom. The lowest BCUT2D eigenvalue weighted by molar-refractivity contribution is -0.149. The van der Waals surface area contributed by atoms with Crippen LogP contribution < -0.4 is 0 Å². The molecule has 0 rings (SSSR count). The van der Waals surface area contributed by atoms with Gasteiger partial charge in [0.2, 0.25) is 0 Å². The molecule has 10 heteroatoms. The van der Waals surface area contributed by atoms with Gasteiger partial charge >= 0.3 is 18.0 Å². The Labute approximate surface area is 382 Å². The summed E-state index contributed by atoms with van der Waals surface area (Å²) in [6.07, 6.45) is 32.0. The Morgan fingerprint density at radius 3 is 1.40 bits per heavy atom. The summed E-state index contributed by atoms with van der Waals surface area (Å²) in [7, 11) is 1.41. The number of aliphatic hydroxyl groups is 2. The van der Waals surface area contributed by atoms with Gasteiger partial charge in [-0.25, -0.2) is 4.79 Å². The first kappa shape index (κ1) is 60.1. The first-order valence-electron chi connectivity index (χ1n) is 26.2. The minimum atomic E-state index is -0.558. The summed E-state index contributed by atoms with van der Waals surface area (Å²) in [5.41, 5.74) is -0.359. The standard InChI is InChI=1S/C52H102N2O8/c1-8-11-14-17-20-21-24-29-39-49(57)61-42-34-30-38-48(56)45-53(40-31-32-41-54(51(59)60-7)52(4,5)6)44-47(55)37-28-25-33-43-62-50(58)46(35-26-22-18-15-12-9-2)36-27-23-19-16-13-10-3/h46-48,55-56H,8-45H2,1-7H3. The molecule has 0 aliphatic rings. The van der Waals surface area contributed by atoms with Crippen molar-refractivity contribution >= 4 is 18.0 Å². The Morgan fingerprint density at radius 2 is 0.903 bits per heavy atom. The number of aliphatic hydroxyl groups excluding tert-OH is 2. The monoisotopic (exact) mass is 883 g/mol. The van der Waals surface area contributed by atoms with Gasteiger partial charge in [-0.2, -0.15) is 0 Å². The summed E-state index contributed by atoms with van der Waals surface area (Å²) in [5, 5.41) is 22.1. The molecule has 0 aromatic carbocycles. The molecule has 0 saturated heterocycles. The number of unbranched alkanes of at least 4 members (excludes halogenated alkanes) is 21. The van der Waals surface area contributed by atoms with Gasteiger partial charge in [-0.1, -0.05) is 149 Å². The number of rotatable bonds is 44. The normalized spacial score (nSPS) is 12.8. The number of ether oxygens (including phenoxy) is 3. The van der Waals surface area contributed by atoms with E-state index in [9.17, 15) is 24.6 Å². The van der Waals surface area contributed by atoms with Gasteiger partial charge in [0.15, 0.2) is 0 Å². The molecule has 0 bridgehead atoms. The molecule has 0 aliphatic carbocycles. The smallest absolute Gasteiger partial charge is 0.409 e. The molecule has 0 radical (unpaired) electrons.